The molecule has 5 rings (SSSR count). The lowest BCUT2D eigenvalue weighted by Gasteiger charge is -2.34. The minimum absolute atomic E-state index is 0.211. The Balaban J connectivity index is 1.69. The van der Waals surface area contributed by atoms with Gasteiger partial charge in [0.15, 0.2) is 0 Å². The summed E-state index contributed by atoms with van der Waals surface area (Å²) >= 11 is 0. The number of hydrogen-bond acceptors (Lipinski definition) is 4. The number of nitrogens with zero attached hydrogens (tertiary/aromatic N) is 4. The topological polar surface area (TPSA) is 53.4 Å². The Hall–Kier alpha value is -3.90. The van der Waals surface area contributed by atoms with Crippen LogP contribution in [0.5, 0.6) is 0 Å². The highest BCUT2D eigenvalue weighted by atomic mass is 16.1. The van der Waals surface area contributed by atoms with Gasteiger partial charge < -0.3 is 19.7 Å². The summed E-state index contributed by atoms with van der Waals surface area (Å²) in [5.74, 6) is -0.216. The summed E-state index contributed by atoms with van der Waals surface area (Å²) in [6.45, 7) is 14.3. The minimum Gasteiger partial charge on any atom is -0.369 e. The summed E-state index contributed by atoms with van der Waals surface area (Å²) in [5.41, 5.74) is 8.53. The molecule has 0 atom stereocenters. The van der Waals surface area contributed by atoms with Crippen molar-refractivity contribution in [2.24, 2.45) is 0 Å². The molecule has 0 spiro atoms. The van der Waals surface area contributed by atoms with E-state index < -0.39 is 0 Å². The zero-order valence-corrected chi connectivity index (χ0v) is 22.2. The van der Waals surface area contributed by atoms with Gasteiger partial charge in [0, 0.05) is 60.7 Å². The molecule has 4 aromatic rings. The quantitative estimate of drug-likeness (QED) is 0.328. The van der Waals surface area contributed by atoms with Gasteiger partial charge in [-0.3, -0.25) is 4.79 Å². The van der Waals surface area contributed by atoms with Gasteiger partial charge in [-0.05, 0) is 80.9 Å². The van der Waals surface area contributed by atoms with Crippen molar-refractivity contribution in [2.45, 2.75) is 26.8 Å². The van der Waals surface area contributed by atoms with Crippen molar-refractivity contribution in [1.29, 1.82) is 0 Å². The van der Waals surface area contributed by atoms with Crippen LogP contribution in [-0.2, 0) is 4.79 Å². The molecule has 0 unspecified atom stereocenters. The molecule has 1 aliphatic rings. The van der Waals surface area contributed by atoms with E-state index in [2.05, 4.69) is 90.5 Å². The molecule has 1 amide bonds. The second-order valence-corrected chi connectivity index (χ2v) is 10.1. The van der Waals surface area contributed by atoms with Crippen molar-refractivity contribution in [2.75, 3.05) is 43.4 Å². The third kappa shape index (κ3) is 4.65. The Morgan fingerprint density at radius 2 is 1.76 bits per heavy atom. The first-order chi connectivity index (χ1) is 17.9. The van der Waals surface area contributed by atoms with Crippen LogP contribution in [-0.4, -0.2) is 53.6 Å². The number of rotatable bonds is 6. The van der Waals surface area contributed by atoms with Gasteiger partial charge in [-0.25, -0.2) is 4.98 Å². The summed E-state index contributed by atoms with van der Waals surface area (Å²) in [7, 11) is 2.18. The number of amides is 1. The van der Waals surface area contributed by atoms with Crippen LogP contribution < -0.4 is 10.2 Å². The van der Waals surface area contributed by atoms with Gasteiger partial charge in [0.25, 0.3) is 0 Å². The van der Waals surface area contributed by atoms with Crippen molar-refractivity contribution in [1.82, 2.24) is 14.5 Å². The van der Waals surface area contributed by atoms with Crippen LogP contribution in [0.2, 0.25) is 0 Å². The number of pyridine rings is 1. The monoisotopic (exact) mass is 493 g/mol. The van der Waals surface area contributed by atoms with Crippen molar-refractivity contribution in [3.63, 3.8) is 0 Å². The Morgan fingerprint density at radius 1 is 1.03 bits per heavy atom. The number of benzene rings is 2. The average Bonchev–Trinajstić information content (AvgIpc) is 3.26. The molecule has 190 valence electrons. The number of nitrogens with one attached hydrogen (secondary N) is 1. The standard InChI is InChI=1S/C31H35N5O/c1-6-28(37)33-27-11-7-9-25(22(27)4)29-26-10-8-16-32-31(26)36(21(2)3)30(29)23-12-14-24(15-13-23)35-19-17-34(5)18-20-35/h6-16,21H,1,17-20H2,2-5H3,(H,33,37). The molecule has 0 radical (unpaired) electrons. The summed E-state index contributed by atoms with van der Waals surface area (Å²) in [4.78, 5) is 21.8. The zero-order valence-electron chi connectivity index (χ0n) is 22.2. The molecule has 1 fully saturated rings. The number of anilines is 2. The second kappa shape index (κ2) is 10.2. The first kappa shape index (κ1) is 24.8. The number of aromatic nitrogens is 2. The summed E-state index contributed by atoms with van der Waals surface area (Å²) in [6, 6.07) is 19.4. The van der Waals surface area contributed by atoms with E-state index in [1.54, 1.807) is 0 Å². The van der Waals surface area contributed by atoms with E-state index in [9.17, 15) is 4.79 Å². The van der Waals surface area contributed by atoms with Crippen molar-refractivity contribution in [3.8, 4) is 22.4 Å². The Morgan fingerprint density at radius 3 is 2.43 bits per heavy atom. The van der Waals surface area contributed by atoms with Crippen LogP contribution in [0.15, 0.2) is 73.4 Å². The lowest BCUT2D eigenvalue weighted by atomic mass is 9.94. The maximum atomic E-state index is 12.1. The molecule has 6 heteroatoms. The fraction of sp³-hybridized carbons (Fsp3) is 0.290. The van der Waals surface area contributed by atoms with E-state index in [0.29, 0.717) is 0 Å². The first-order valence-electron chi connectivity index (χ1n) is 12.9. The van der Waals surface area contributed by atoms with Crippen LogP contribution in [0.4, 0.5) is 11.4 Å². The predicted octanol–water partition coefficient (Wildman–Crippen LogP) is 6.14. The number of hydrogen-bond donors (Lipinski definition) is 1. The van der Waals surface area contributed by atoms with E-state index in [0.717, 1.165) is 70.8 Å². The number of carbonyl (C=O) groups excluding carboxylic acids is 1. The van der Waals surface area contributed by atoms with Gasteiger partial charge in [-0.2, -0.15) is 0 Å². The Kier molecular flexibility index (Phi) is 6.85. The highest BCUT2D eigenvalue weighted by molar-refractivity contribution is 6.06. The summed E-state index contributed by atoms with van der Waals surface area (Å²) in [6.07, 6.45) is 3.16. The smallest absolute Gasteiger partial charge is 0.247 e. The molecule has 2 aromatic carbocycles. The fourth-order valence-corrected chi connectivity index (χ4v) is 5.32. The number of piperazine rings is 1. The van der Waals surface area contributed by atoms with Gasteiger partial charge in [0.1, 0.15) is 5.65 Å². The van der Waals surface area contributed by atoms with E-state index in [1.165, 1.54) is 11.8 Å². The van der Waals surface area contributed by atoms with Crippen LogP contribution in [0.3, 0.4) is 0 Å². The molecule has 1 saturated heterocycles. The second-order valence-electron chi connectivity index (χ2n) is 10.1. The lowest BCUT2D eigenvalue weighted by molar-refractivity contribution is -0.111. The molecule has 6 nitrogen and oxygen atoms in total. The summed E-state index contributed by atoms with van der Waals surface area (Å²) < 4.78 is 2.34. The maximum absolute atomic E-state index is 12.1. The fourth-order valence-electron chi connectivity index (χ4n) is 5.32. The highest BCUT2D eigenvalue weighted by Crippen LogP contribution is 2.44. The van der Waals surface area contributed by atoms with E-state index >= 15 is 0 Å². The van der Waals surface area contributed by atoms with Gasteiger partial charge >= 0.3 is 0 Å². The number of carbonyl (C=O) groups is 1. The van der Waals surface area contributed by atoms with Gasteiger partial charge in [0.05, 0.1) is 5.69 Å². The Labute approximate surface area is 219 Å². The van der Waals surface area contributed by atoms with Gasteiger partial charge in [-0.1, -0.05) is 30.8 Å². The highest BCUT2D eigenvalue weighted by Gasteiger charge is 2.24. The molecular weight excluding hydrogens is 458 g/mol. The number of fused-ring (bicyclic) bond motifs is 1. The molecule has 0 bridgehead atoms. The van der Waals surface area contributed by atoms with E-state index in [4.69, 9.17) is 4.98 Å². The molecule has 2 aromatic heterocycles. The van der Waals surface area contributed by atoms with Crippen molar-refractivity contribution >= 4 is 28.3 Å². The molecule has 0 aliphatic carbocycles. The van der Waals surface area contributed by atoms with Gasteiger partial charge in [-0.15, -0.1) is 0 Å². The molecular formula is C31H35N5O. The Bertz CT molecular complexity index is 1440. The predicted molar refractivity (Wildman–Crippen MR) is 154 cm³/mol. The van der Waals surface area contributed by atoms with E-state index in [1.807, 2.05) is 24.4 Å². The first-order valence-corrected chi connectivity index (χ1v) is 12.9. The van der Waals surface area contributed by atoms with Crippen molar-refractivity contribution in [3.05, 3.63) is 79.0 Å². The SMILES string of the molecule is C=CC(=O)Nc1cccc(-c2c(-c3ccc(N4CCN(C)CC4)cc3)n(C(C)C)c3ncccc23)c1C. The third-order valence-corrected chi connectivity index (χ3v) is 7.33. The number of likely N-dealkylation sites (N-methyl/N-ethyl adjacent to an activating group) is 1. The van der Waals surface area contributed by atoms with Crippen LogP contribution in [0, 0.1) is 6.92 Å². The van der Waals surface area contributed by atoms with E-state index in [-0.39, 0.29) is 11.9 Å². The average molecular weight is 494 g/mol. The molecule has 1 aliphatic heterocycles. The molecule has 3 heterocycles. The normalized spacial score (nSPS) is 14.4. The van der Waals surface area contributed by atoms with Crippen molar-refractivity contribution < 1.29 is 4.79 Å². The largest absolute Gasteiger partial charge is 0.369 e. The molecule has 37 heavy (non-hydrogen) atoms. The minimum atomic E-state index is -0.216. The zero-order chi connectivity index (χ0) is 26.1. The van der Waals surface area contributed by atoms with Crippen LogP contribution >= 0.6 is 0 Å². The van der Waals surface area contributed by atoms with Crippen LogP contribution in [0.25, 0.3) is 33.4 Å². The third-order valence-electron chi connectivity index (χ3n) is 7.33. The summed E-state index contributed by atoms with van der Waals surface area (Å²) in [5, 5.41) is 4.07. The maximum Gasteiger partial charge on any atom is 0.247 e. The van der Waals surface area contributed by atoms with Crippen LogP contribution in [0.1, 0.15) is 25.5 Å². The molecule has 0 saturated carbocycles. The lowest BCUT2D eigenvalue weighted by Crippen LogP contribution is -2.44. The molecule has 1 N–H and O–H groups in total. The van der Waals surface area contributed by atoms with Gasteiger partial charge in [0.2, 0.25) is 5.91 Å².